The van der Waals surface area contributed by atoms with Crippen molar-refractivity contribution in [1.82, 2.24) is 10.2 Å². The van der Waals surface area contributed by atoms with Gasteiger partial charge in [-0.1, -0.05) is 85.5 Å². The van der Waals surface area contributed by atoms with E-state index in [4.69, 9.17) is 12.2 Å². The van der Waals surface area contributed by atoms with E-state index < -0.39 is 0 Å². The molecule has 0 spiro atoms. The normalized spacial score (nSPS) is 15.3. The highest BCUT2D eigenvalue weighted by Crippen LogP contribution is 2.32. The predicted octanol–water partition coefficient (Wildman–Crippen LogP) is 3.81. The summed E-state index contributed by atoms with van der Waals surface area (Å²) in [7, 11) is 0. The maximum absolute atomic E-state index is 12.6. The number of rotatable bonds is 7. The van der Waals surface area contributed by atoms with Crippen molar-refractivity contribution < 1.29 is 9.59 Å². The lowest BCUT2D eigenvalue weighted by Crippen LogP contribution is -2.40. The molecule has 0 saturated carbocycles. The van der Waals surface area contributed by atoms with Crippen LogP contribution in [0.2, 0.25) is 0 Å². The summed E-state index contributed by atoms with van der Waals surface area (Å²) in [5, 5.41) is 2.86. The Labute approximate surface area is 175 Å². The van der Waals surface area contributed by atoms with E-state index >= 15 is 0 Å². The van der Waals surface area contributed by atoms with Gasteiger partial charge in [-0.05, 0) is 35.6 Å². The number of thioether (sulfide) groups is 1. The summed E-state index contributed by atoms with van der Waals surface area (Å²) >= 11 is 6.54. The first-order valence-electron chi connectivity index (χ1n) is 9.21. The number of amides is 2. The van der Waals surface area contributed by atoms with Crippen LogP contribution in [0.4, 0.5) is 0 Å². The van der Waals surface area contributed by atoms with E-state index in [1.165, 1.54) is 22.2 Å². The van der Waals surface area contributed by atoms with Gasteiger partial charge in [-0.25, -0.2) is 0 Å². The number of aryl methyl sites for hydroxylation is 1. The molecule has 6 heteroatoms. The smallest absolute Gasteiger partial charge is 0.266 e. The lowest BCUT2D eigenvalue weighted by molar-refractivity contribution is -0.128. The van der Waals surface area contributed by atoms with Crippen LogP contribution >= 0.6 is 24.0 Å². The third-order valence-corrected chi connectivity index (χ3v) is 5.82. The van der Waals surface area contributed by atoms with E-state index in [-0.39, 0.29) is 18.4 Å². The zero-order valence-electron chi connectivity index (χ0n) is 15.7. The molecule has 1 fully saturated rings. The molecule has 4 nitrogen and oxygen atoms in total. The topological polar surface area (TPSA) is 49.4 Å². The Hall–Kier alpha value is -2.44. The first-order valence-corrected chi connectivity index (χ1v) is 10.4. The molecule has 0 bridgehead atoms. The minimum absolute atomic E-state index is 0.0500. The van der Waals surface area contributed by atoms with Crippen molar-refractivity contribution in [2.24, 2.45) is 0 Å². The van der Waals surface area contributed by atoms with Gasteiger partial charge in [-0.2, -0.15) is 0 Å². The molecule has 2 aromatic rings. The van der Waals surface area contributed by atoms with Gasteiger partial charge >= 0.3 is 0 Å². The molecule has 0 unspecified atom stereocenters. The van der Waals surface area contributed by atoms with Gasteiger partial charge in [-0.15, -0.1) is 0 Å². The van der Waals surface area contributed by atoms with Crippen LogP contribution in [0.25, 0.3) is 6.08 Å². The highest BCUT2D eigenvalue weighted by molar-refractivity contribution is 8.26. The SMILES string of the molecule is CCc1ccc(C=C2SC(=S)N(CC(=O)NCCc3ccccc3)C2=O)cc1. The van der Waals surface area contributed by atoms with Crippen LogP contribution in [-0.2, 0) is 22.4 Å². The molecule has 1 saturated heterocycles. The van der Waals surface area contributed by atoms with Crippen LogP contribution in [0, 0.1) is 0 Å². The number of carbonyl (C=O) groups is 2. The number of benzene rings is 2. The molecular formula is C22H22N2O2S2. The first kappa shape index (κ1) is 20.3. The fraction of sp³-hybridized carbons (Fsp3) is 0.227. The van der Waals surface area contributed by atoms with Crippen LogP contribution in [0.1, 0.15) is 23.6 Å². The van der Waals surface area contributed by atoms with Crippen molar-refractivity contribution in [3.8, 4) is 0 Å². The van der Waals surface area contributed by atoms with Crippen LogP contribution < -0.4 is 5.32 Å². The van der Waals surface area contributed by atoms with E-state index in [0.717, 1.165) is 24.0 Å². The van der Waals surface area contributed by atoms with Gasteiger partial charge in [0.15, 0.2) is 0 Å². The maximum atomic E-state index is 12.6. The van der Waals surface area contributed by atoms with Crippen LogP contribution in [-0.4, -0.2) is 34.1 Å². The standard InChI is InChI=1S/C22H22N2O2S2/c1-2-16-8-10-18(11-9-16)14-19-21(26)24(22(27)28-19)15-20(25)23-13-12-17-6-4-3-5-7-17/h3-11,14H,2,12-13,15H2,1H3,(H,23,25). The van der Waals surface area contributed by atoms with Crippen molar-refractivity contribution >= 4 is 46.2 Å². The summed E-state index contributed by atoms with van der Waals surface area (Å²) in [6, 6.07) is 18.0. The van der Waals surface area contributed by atoms with Gasteiger partial charge in [0.25, 0.3) is 5.91 Å². The second kappa shape index (κ2) is 9.66. The van der Waals surface area contributed by atoms with Gasteiger partial charge in [-0.3, -0.25) is 14.5 Å². The zero-order valence-corrected chi connectivity index (χ0v) is 17.3. The molecule has 144 valence electrons. The average molecular weight is 411 g/mol. The quantitative estimate of drug-likeness (QED) is 0.557. The number of nitrogens with zero attached hydrogens (tertiary/aromatic N) is 1. The van der Waals surface area contributed by atoms with Gasteiger partial charge in [0, 0.05) is 6.54 Å². The first-order chi connectivity index (χ1) is 13.6. The second-order valence-electron chi connectivity index (χ2n) is 6.45. The molecule has 0 aromatic heterocycles. The van der Waals surface area contributed by atoms with E-state index in [2.05, 4.69) is 12.2 Å². The monoisotopic (exact) mass is 410 g/mol. The highest BCUT2D eigenvalue weighted by atomic mass is 32.2. The lowest BCUT2D eigenvalue weighted by Gasteiger charge is -2.14. The number of thiocarbonyl (C=S) groups is 1. The summed E-state index contributed by atoms with van der Waals surface area (Å²) in [5.41, 5.74) is 3.35. The van der Waals surface area contributed by atoms with E-state index in [1.54, 1.807) is 0 Å². The molecular weight excluding hydrogens is 388 g/mol. The van der Waals surface area contributed by atoms with Crippen LogP contribution in [0.3, 0.4) is 0 Å². The van der Waals surface area contributed by atoms with Crippen LogP contribution in [0.5, 0.6) is 0 Å². The zero-order chi connectivity index (χ0) is 19.9. The van der Waals surface area contributed by atoms with Crippen molar-refractivity contribution in [2.75, 3.05) is 13.1 Å². The fourth-order valence-corrected chi connectivity index (χ4v) is 4.08. The average Bonchev–Trinajstić information content (AvgIpc) is 2.97. The van der Waals surface area contributed by atoms with Crippen molar-refractivity contribution in [2.45, 2.75) is 19.8 Å². The molecule has 1 N–H and O–H groups in total. The molecule has 0 atom stereocenters. The summed E-state index contributed by atoms with van der Waals surface area (Å²) in [5.74, 6) is -0.423. The van der Waals surface area contributed by atoms with Crippen LogP contribution in [0.15, 0.2) is 59.5 Å². The number of hydrogen-bond acceptors (Lipinski definition) is 4. The lowest BCUT2D eigenvalue weighted by atomic mass is 10.1. The second-order valence-corrected chi connectivity index (χ2v) is 8.12. The third kappa shape index (κ3) is 5.30. The number of hydrogen-bond donors (Lipinski definition) is 1. The van der Waals surface area contributed by atoms with Crippen molar-refractivity contribution in [3.05, 3.63) is 76.2 Å². The van der Waals surface area contributed by atoms with Gasteiger partial charge < -0.3 is 5.32 Å². The molecule has 0 radical (unpaired) electrons. The Morgan fingerprint density at radius 3 is 2.50 bits per heavy atom. The molecule has 28 heavy (non-hydrogen) atoms. The van der Waals surface area contributed by atoms with E-state index in [1.807, 2.05) is 60.7 Å². The van der Waals surface area contributed by atoms with Gasteiger partial charge in [0.1, 0.15) is 10.9 Å². The summed E-state index contributed by atoms with van der Waals surface area (Å²) in [4.78, 5) is 26.8. The molecule has 1 aliphatic rings. The predicted molar refractivity (Wildman–Crippen MR) is 119 cm³/mol. The largest absolute Gasteiger partial charge is 0.354 e. The Bertz CT molecular complexity index is 893. The molecule has 3 rings (SSSR count). The summed E-state index contributed by atoms with van der Waals surface area (Å²) in [6.45, 7) is 2.58. The molecule has 2 amide bonds. The van der Waals surface area contributed by atoms with Crippen molar-refractivity contribution in [1.29, 1.82) is 0 Å². The maximum Gasteiger partial charge on any atom is 0.266 e. The molecule has 0 aliphatic carbocycles. The highest BCUT2D eigenvalue weighted by Gasteiger charge is 2.33. The Morgan fingerprint density at radius 1 is 1.11 bits per heavy atom. The Balaban J connectivity index is 1.55. The Morgan fingerprint density at radius 2 is 1.82 bits per heavy atom. The summed E-state index contributed by atoms with van der Waals surface area (Å²) in [6.07, 6.45) is 3.55. The van der Waals surface area contributed by atoms with Gasteiger partial charge in [0.05, 0.1) is 4.91 Å². The van der Waals surface area contributed by atoms with E-state index in [0.29, 0.717) is 15.8 Å². The fourth-order valence-electron chi connectivity index (χ4n) is 2.83. The molecule has 1 heterocycles. The summed E-state index contributed by atoms with van der Waals surface area (Å²) < 4.78 is 0.416. The van der Waals surface area contributed by atoms with Crippen molar-refractivity contribution in [3.63, 3.8) is 0 Å². The molecule has 2 aromatic carbocycles. The van der Waals surface area contributed by atoms with E-state index in [9.17, 15) is 9.59 Å². The number of nitrogens with one attached hydrogen (secondary N) is 1. The number of carbonyl (C=O) groups excluding carboxylic acids is 2. The minimum Gasteiger partial charge on any atom is -0.354 e. The van der Waals surface area contributed by atoms with Gasteiger partial charge in [0.2, 0.25) is 5.91 Å². The molecule has 1 aliphatic heterocycles. The minimum atomic E-state index is -0.215. The third-order valence-electron chi connectivity index (χ3n) is 4.44. The Kier molecular flexibility index (Phi) is 7.01.